The average Bonchev–Trinajstić information content (AvgIpc) is 3.04. The molecule has 0 atom stereocenters. The molecule has 198 valence electrons. The van der Waals surface area contributed by atoms with Gasteiger partial charge in [-0.2, -0.15) is 0 Å². The summed E-state index contributed by atoms with van der Waals surface area (Å²) < 4.78 is 42.3. The van der Waals surface area contributed by atoms with Gasteiger partial charge < -0.3 is 10.0 Å². The van der Waals surface area contributed by atoms with E-state index < -0.39 is 5.97 Å². The number of halogens is 3. The first-order valence-corrected chi connectivity index (χ1v) is 13.3. The van der Waals surface area contributed by atoms with Crippen molar-refractivity contribution in [3.05, 3.63) is 105 Å². The van der Waals surface area contributed by atoms with Crippen molar-refractivity contribution in [1.82, 2.24) is 4.90 Å². The van der Waals surface area contributed by atoms with Crippen LogP contribution in [0.1, 0.15) is 63.0 Å². The summed E-state index contributed by atoms with van der Waals surface area (Å²) in [6.07, 6.45) is 3.42. The lowest BCUT2D eigenvalue weighted by Crippen LogP contribution is -2.47. The van der Waals surface area contributed by atoms with Crippen molar-refractivity contribution < 1.29 is 23.1 Å². The van der Waals surface area contributed by atoms with Crippen LogP contribution in [0.25, 0.3) is 11.1 Å². The zero-order valence-electron chi connectivity index (χ0n) is 21.6. The lowest BCUT2D eigenvalue weighted by Gasteiger charge is -2.39. The molecule has 2 aliphatic rings. The van der Waals surface area contributed by atoms with Gasteiger partial charge >= 0.3 is 5.97 Å². The Morgan fingerprint density at radius 1 is 0.974 bits per heavy atom. The molecule has 1 aliphatic carbocycles. The number of carboxylic acids is 1. The lowest BCUT2D eigenvalue weighted by atomic mass is 9.85. The van der Waals surface area contributed by atoms with Crippen molar-refractivity contribution in [3.63, 3.8) is 0 Å². The molecule has 3 aromatic rings. The minimum Gasteiger partial charge on any atom is -0.478 e. The topological polar surface area (TPSA) is 40.5 Å². The van der Waals surface area contributed by atoms with Gasteiger partial charge in [-0.3, -0.25) is 4.39 Å². The van der Waals surface area contributed by atoms with Crippen LogP contribution in [0.3, 0.4) is 0 Å². The standard InChI is InChI=1S/C32H32F3NO2/c1-20-14-25(34)8-11-26(20)28-5-2-4-23-17-24(32(37)38)7-10-27(23)31(28)29-9-6-21(16-30(29)35)15-22-18-36(19-22)13-3-12-33/h6-11,14,16-17,22H,2-5,12-13,15,18-19H2,1H3,(H,37,38). The fraction of sp³-hybridized carbons (Fsp3) is 0.344. The number of allylic oxidation sites excluding steroid dienone is 1. The van der Waals surface area contributed by atoms with Crippen LogP contribution in [-0.2, 0) is 12.8 Å². The van der Waals surface area contributed by atoms with Gasteiger partial charge in [0.15, 0.2) is 0 Å². The Morgan fingerprint density at radius 2 is 1.74 bits per heavy atom. The molecule has 1 N–H and O–H groups in total. The quantitative estimate of drug-likeness (QED) is 0.345. The SMILES string of the molecule is Cc1cc(F)ccc1C1=C(c2ccc(CC3CN(CCCF)C3)cc2F)c2ccc(C(=O)O)cc2CCC1. The Hall–Kier alpha value is -3.38. The molecule has 3 nitrogen and oxygen atoms in total. The van der Waals surface area contributed by atoms with Crippen LogP contribution in [0.4, 0.5) is 13.2 Å². The zero-order valence-corrected chi connectivity index (χ0v) is 21.6. The van der Waals surface area contributed by atoms with E-state index >= 15 is 4.39 Å². The molecule has 6 heteroatoms. The zero-order chi connectivity index (χ0) is 26.8. The van der Waals surface area contributed by atoms with Gasteiger partial charge in [-0.15, -0.1) is 0 Å². The minimum atomic E-state index is -0.994. The van der Waals surface area contributed by atoms with Gasteiger partial charge in [0.25, 0.3) is 0 Å². The molecule has 0 aromatic heterocycles. The third kappa shape index (κ3) is 5.41. The van der Waals surface area contributed by atoms with Crippen molar-refractivity contribution in [2.75, 3.05) is 26.3 Å². The Kier molecular flexibility index (Phi) is 7.70. The van der Waals surface area contributed by atoms with Gasteiger partial charge in [-0.05, 0) is 114 Å². The van der Waals surface area contributed by atoms with Crippen LogP contribution < -0.4 is 0 Å². The lowest BCUT2D eigenvalue weighted by molar-refractivity contribution is 0.0696. The van der Waals surface area contributed by atoms with Gasteiger partial charge in [0.1, 0.15) is 11.6 Å². The van der Waals surface area contributed by atoms with Gasteiger partial charge in [-0.25, -0.2) is 13.6 Å². The summed E-state index contributed by atoms with van der Waals surface area (Å²) in [7, 11) is 0. The summed E-state index contributed by atoms with van der Waals surface area (Å²) in [6, 6.07) is 15.1. The second-order valence-corrected chi connectivity index (χ2v) is 10.5. The maximum atomic E-state index is 15.9. The van der Waals surface area contributed by atoms with Crippen LogP contribution in [-0.4, -0.2) is 42.3 Å². The highest BCUT2D eigenvalue weighted by atomic mass is 19.1. The van der Waals surface area contributed by atoms with E-state index in [1.165, 1.54) is 12.1 Å². The number of carbonyl (C=O) groups is 1. The minimum absolute atomic E-state index is 0.210. The molecule has 0 amide bonds. The number of likely N-dealkylation sites (tertiary alicyclic amines) is 1. The molecule has 0 radical (unpaired) electrons. The van der Waals surface area contributed by atoms with Crippen LogP contribution in [0.2, 0.25) is 0 Å². The molecule has 1 fully saturated rings. The normalized spacial score (nSPS) is 16.2. The van der Waals surface area contributed by atoms with Crippen molar-refractivity contribution >= 4 is 17.1 Å². The Labute approximate surface area is 221 Å². The third-order valence-corrected chi connectivity index (χ3v) is 7.78. The first-order chi connectivity index (χ1) is 18.3. The van der Waals surface area contributed by atoms with Gasteiger partial charge in [0.2, 0.25) is 0 Å². The predicted molar refractivity (Wildman–Crippen MR) is 144 cm³/mol. The molecule has 1 saturated heterocycles. The average molecular weight is 520 g/mol. The maximum Gasteiger partial charge on any atom is 0.335 e. The van der Waals surface area contributed by atoms with Crippen molar-refractivity contribution in [3.8, 4) is 0 Å². The number of rotatable bonds is 8. The van der Waals surface area contributed by atoms with Crippen LogP contribution >= 0.6 is 0 Å². The molecule has 0 spiro atoms. The van der Waals surface area contributed by atoms with Gasteiger partial charge in [0.05, 0.1) is 12.2 Å². The van der Waals surface area contributed by atoms with Crippen LogP contribution in [0, 0.1) is 24.5 Å². The number of nitrogens with zero attached hydrogens (tertiary/aromatic N) is 1. The first kappa shape index (κ1) is 26.2. The van der Waals surface area contributed by atoms with E-state index in [1.807, 2.05) is 19.1 Å². The predicted octanol–water partition coefficient (Wildman–Crippen LogP) is 7.10. The first-order valence-electron chi connectivity index (χ1n) is 13.3. The number of aryl methyl sites for hydroxylation is 2. The number of aromatic carboxylic acids is 1. The van der Waals surface area contributed by atoms with E-state index in [0.29, 0.717) is 30.7 Å². The molecule has 5 rings (SSSR count). The highest BCUT2D eigenvalue weighted by molar-refractivity contribution is 6.01. The summed E-state index contributed by atoms with van der Waals surface area (Å²) in [5, 5.41) is 9.54. The molecule has 1 aliphatic heterocycles. The number of hydrogen-bond acceptors (Lipinski definition) is 2. The molecule has 3 aromatic carbocycles. The molecule has 0 bridgehead atoms. The van der Waals surface area contributed by atoms with E-state index in [1.54, 1.807) is 30.3 Å². The summed E-state index contributed by atoms with van der Waals surface area (Å²) >= 11 is 0. The second kappa shape index (κ2) is 11.2. The van der Waals surface area contributed by atoms with Crippen LogP contribution in [0.5, 0.6) is 0 Å². The van der Waals surface area contributed by atoms with E-state index in [0.717, 1.165) is 71.4 Å². The number of benzene rings is 3. The van der Waals surface area contributed by atoms with Crippen LogP contribution in [0.15, 0.2) is 54.6 Å². The molecular formula is C32H32F3NO2. The summed E-state index contributed by atoms with van der Waals surface area (Å²) in [4.78, 5) is 13.9. The van der Waals surface area contributed by atoms with Crippen molar-refractivity contribution in [2.45, 2.75) is 39.0 Å². The fourth-order valence-electron chi connectivity index (χ4n) is 5.96. The second-order valence-electron chi connectivity index (χ2n) is 10.5. The molecular weight excluding hydrogens is 487 g/mol. The Balaban J connectivity index is 1.55. The van der Waals surface area contributed by atoms with Crippen molar-refractivity contribution in [1.29, 1.82) is 0 Å². The summed E-state index contributed by atoms with van der Waals surface area (Å²) in [6.45, 7) is 4.13. The number of carboxylic acid groups (broad SMARTS) is 1. The Morgan fingerprint density at radius 3 is 2.45 bits per heavy atom. The smallest absolute Gasteiger partial charge is 0.335 e. The Bertz CT molecular complexity index is 1390. The number of alkyl halides is 1. The summed E-state index contributed by atoms with van der Waals surface area (Å²) in [5.41, 5.74) is 6.65. The third-order valence-electron chi connectivity index (χ3n) is 7.78. The van der Waals surface area contributed by atoms with Gasteiger partial charge in [0, 0.05) is 25.2 Å². The van der Waals surface area contributed by atoms with E-state index in [4.69, 9.17) is 0 Å². The maximum absolute atomic E-state index is 15.9. The fourth-order valence-corrected chi connectivity index (χ4v) is 5.96. The molecule has 0 unspecified atom stereocenters. The number of hydrogen-bond donors (Lipinski definition) is 1. The monoisotopic (exact) mass is 519 g/mol. The highest BCUT2D eigenvalue weighted by Crippen LogP contribution is 2.42. The summed E-state index contributed by atoms with van der Waals surface area (Å²) in [5.74, 6) is -1.20. The molecule has 0 saturated carbocycles. The highest BCUT2D eigenvalue weighted by Gasteiger charge is 2.27. The van der Waals surface area contributed by atoms with E-state index in [9.17, 15) is 18.7 Å². The van der Waals surface area contributed by atoms with E-state index in [2.05, 4.69) is 4.90 Å². The van der Waals surface area contributed by atoms with Crippen molar-refractivity contribution in [2.24, 2.45) is 5.92 Å². The largest absolute Gasteiger partial charge is 0.478 e. The number of fused-ring (bicyclic) bond motifs is 1. The van der Waals surface area contributed by atoms with E-state index in [-0.39, 0.29) is 23.9 Å². The molecule has 38 heavy (non-hydrogen) atoms. The molecule has 1 heterocycles. The van der Waals surface area contributed by atoms with Gasteiger partial charge in [-0.1, -0.05) is 24.3 Å².